The van der Waals surface area contributed by atoms with Crippen molar-refractivity contribution in [2.45, 2.75) is 45.7 Å². The summed E-state index contributed by atoms with van der Waals surface area (Å²) >= 11 is 3.60. The number of methoxy groups -OCH3 is 1. The summed E-state index contributed by atoms with van der Waals surface area (Å²) in [6.07, 6.45) is 1.12. The zero-order chi connectivity index (χ0) is 15.6. The number of nitrogens with zero attached hydrogens (tertiary/aromatic N) is 1. The van der Waals surface area contributed by atoms with Crippen LogP contribution in [0.2, 0.25) is 0 Å². The van der Waals surface area contributed by atoms with E-state index in [0.717, 1.165) is 29.7 Å². The molecule has 0 amide bonds. The van der Waals surface area contributed by atoms with Crippen LogP contribution < -0.4 is 15.0 Å². The highest BCUT2D eigenvalue weighted by atomic mass is 79.9. The van der Waals surface area contributed by atoms with Gasteiger partial charge in [-0.1, -0.05) is 36.7 Å². The lowest BCUT2D eigenvalue weighted by atomic mass is 9.89. The van der Waals surface area contributed by atoms with Gasteiger partial charge >= 0.3 is 0 Å². The lowest BCUT2D eigenvalue weighted by molar-refractivity contribution is 0.253. The van der Waals surface area contributed by atoms with Crippen LogP contribution in [0.25, 0.3) is 0 Å². The predicted octanol–water partition coefficient (Wildman–Crippen LogP) is 4.06. The summed E-state index contributed by atoms with van der Waals surface area (Å²) in [4.78, 5) is 2.54. The highest BCUT2D eigenvalue weighted by Gasteiger charge is 2.36. The standard InChI is InChI=1S/C17H27BrN2O/c1-6-17(4)11-20(16(10-19-17)12(2)3)14-7-13(18)8-15(9-14)21-5/h7-9,12,16,19H,6,10-11H2,1-5H3. The van der Waals surface area contributed by atoms with Gasteiger partial charge in [0.05, 0.1) is 7.11 Å². The fraction of sp³-hybridized carbons (Fsp3) is 0.647. The molecule has 0 saturated carbocycles. The van der Waals surface area contributed by atoms with Crippen LogP contribution in [0.15, 0.2) is 22.7 Å². The number of hydrogen-bond donors (Lipinski definition) is 1. The molecular weight excluding hydrogens is 328 g/mol. The average molecular weight is 355 g/mol. The second kappa shape index (κ2) is 6.57. The van der Waals surface area contributed by atoms with Crippen LogP contribution in [-0.2, 0) is 0 Å². The van der Waals surface area contributed by atoms with Gasteiger partial charge in [-0.3, -0.25) is 0 Å². The Balaban J connectivity index is 2.37. The molecular formula is C17H27BrN2O. The molecule has 1 fully saturated rings. The van der Waals surface area contributed by atoms with Gasteiger partial charge in [0.15, 0.2) is 0 Å². The van der Waals surface area contributed by atoms with Gasteiger partial charge in [0.1, 0.15) is 5.75 Å². The Hall–Kier alpha value is -0.740. The Bertz CT molecular complexity index is 492. The average Bonchev–Trinajstić information content (AvgIpc) is 2.46. The van der Waals surface area contributed by atoms with Crippen LogP contribution in [0, 0.1) is 5.92 Å². The van der Waals surface area contributed by atoms with Crippen LogP contribution in [0.4, 0.5) is 5.69 Å². The molecule has 0 spiro atoms. The van der Waals surface area contributed by atoms with E-state index in [1.165, 1.54) is 5.69 Å². The predicted molar refractivity (Wildman–Crippen MR) is 93.4 cm³/mol. The first-order chi connectivity index (χ1) is 9.88. The number of halogens is 1. The van der Waals surface area contributed by atoms with Gasteiger partial charge in [-0.25, -0.2) is 0 Å². The highest BCUT2D eigenvalue weighted by molar-refractivity contribution is 9.10. The van der Waals surface area contributed by atoms with E-state index < -0.39 is 0 Å². The second-order valence-electron chi connectivity index (χ2n) is 6.58. The van der Waals surface area contributed by atoms with E-state index in [4.69, 9.17) is 4.74 Å². The summed E-state index contributed by atoms with van der Waals surface area (Å²) in [5, 5.41) is 3.73. The Labute approximate surface area is 137 Å². The molecule has 1 aliphatic rings. The van der Waals surface area contributed by atoms with Gasteiger partial charge in [0, 0.05) is 40.9 Å². The fourth-order valence-electron chi connectivity index (χ4n) is 2.96. The third kappa shape index (κ3) is 3.72. The van der Waals surface area contributed by atoms with Gasteiger partial charge in [0.25, 0.3) is 0 Å². The molecule has 2 rings (SSSR count). The maximum atomic E-state index is 5.43. The maximum Gasteiger partial charge on any atom is 0.122 e. The largest absolute Gasteiger partial charge is 0.497 e. The molecule has 0 bridgehead atoms. The lowest BCUT2D eigenvalue weighted by Gasteiger charge is -2.48. The SMILES string of the molecule is CCC1(C)CN(c2cc(Br)cc(OC)c2)C(C(C)C)CN1. The maximum absolute atomic E-state index is 5.43. The molecule has 1 N–H and O–H groups in total. The molecule has 0 radical (unpaired) electrons. The first-order valence-corrected chi connectivity index (χ1v) is 8.54. The van der Waals surface area contributed by atoms with E-state index in [1.54, 1.807) is 7.11 Å². The van der Waals surface area contributed by atoms with Crippen molar-refractivity contribution < 1.29 is 4.74 Å². The van der Waals surface area contributed by atoms with E-state index in [0.29, 0.717) is 12.0 Å². The minimum Gasteiger partial charge on any atom is -0.497 e. The molecule has 1 aromatic carbocycles. The van der Waals surface area contributed by atoms with Gasteiger partial charge in [0.2, 0.25) is 0 Å². The molecule has 4 heteroatoms. The molecule has 0 aliphatic carbocycles. The quantitative estimate of drug-likeness (QED) is 0.882. The number of hydrogen-bond acceptors (Lipinski definition) is 3. The first-order valence-electron chi connectivity index (χ1n) is 7.75. The second-order valence-corrected chi connectivity index (χ2v) is 7.50. The van der Waals surface area contributed by atoms with Crippen molar-refractivity contribution in [3.05, 3.63) is 22.7 Å². The van der Waals surface area contributed by atoms with E-state index in [2.05, 4.69) is 66.0 Å². The normalized spacial score (nSPS) is 26.2. The number of nitrogens with one attached hydrogen (secondary N) is 1. The number of rotatable bonds is 4. The molecule has 118 valence electrons. The molecule has 1 aromatic rings. The monoisotopic (exact) mass is 354 g/mol. The highest BCUT2D eigenvalue weighted by Crippen LogP contribution is 2.33. The molecule has 1 saturated heterocycles. The molecule has 3 nitrogen and oxygen atoms in total. The van der Waals surface area contributed by atoms with Crippen molar-refractivity contribution >= 4 is 21.6 Å². The third-order valence-corrected chi connectivity index (χ3v) is 5.09. The molecule has 1 heterocycles. The fourth-order valence-corrected chi connectivity index (χ4v) is 3.42. The summed E-state index contributed by atoms with van der Waals surface area (Å²) in [5.41, 5.74) is 1.40. The Morgan fingerprint density at radius 1 is 1.43 bits per heavy atom. The van der Waals surface area contributed by atoms with Crippen LogP contribution >= 0.6 is 15.9 Å². The minimum absolute atomic E-state index is 0.168. The van der Waals surface area contributed by atoms with E-state index in [-0.39, 0.29) is 5.54 Å². The summed E-state index contributed by atoms with van der Waals surface area (Å²) in [6, 6.07) is 6.85. The molecule has 1 aliphatic heterocycles. The van der Waals surface area contributed by atoms with Crippen molar-refractivity contribution in [1.29, 1.82) is 0 Å². The number of ether oxygens (including phenoxy) is 1. The number of piperazine rings is 1. The van der Waals surface area contributed by atoms with Crippen molar-refractivity contribution in [3.63, 3.8) is 0 Å². The lowest BCUT2D eigenvalue weighted by Crippen LogP contribution is -2.64. The van der Waals surface area contributed by atoms with Crippen LogP contribution in [-0.4, -0.2) is 31.8 Å². The van der Waals surface area contributed by atoms with E-state index >= 15 is 0 Å². The Morgan fingerprint density at radius 2 is 2.14 bits per heavy atom. The smallest absolute Gasteiger partial charge is 0.122 e. The van der Waals surface area contributed by atoms with Gasteiger partial charge in [-0.05, 0) is 31.4 Å². The summed E-state index contributed by atoms with van der Waals surface area (Å²) in [7, 11) is 1.72. The Kier molecular flexibility index (Phi) is 5.20. The van der Waals surface area contributed by atoms with Crippen molar-refractivity contribution in [2.24, 2.45) is 5.92 Å². The van der Waals surface area contributed by atoms with Crippen LogP contribution in [0.3, 0.4) is 0 Å². The zero-order valence-corrected chi connectivity index (χ0v) is 15.3. The van der Waals surface area contributed by atoms with Gasteiger partial charge < -0.3 is 15.0 Å². The molecule has 2 unspecified atom stereocenters. The first kappa shape index (κ1) is 16.6. The topological polar surface area (TPSA) is 24.5 Å². The number of benzene rings is 1. The summed E-state index contributed by atoms with van der Waals surface area (Å²) < 4.78 is 6.49. The van der Waals surface area contributed by atoms with Crippen LogP contribution in [0.1, 0.15) is 34.1 Å². The minimum atomic E-state index is 0.168. The van der Waals surface area contributed by atoms with Gasteiger partial charge in [-0.15, -0.1) is 0 Å². The van der Waals surface area contributed by atoms with Crippen molar-refractivity contribution in [3.8, 4) is 5.75 Å². The molecule has 21 heavy (non-hydrogen) atoms. The molecule has 0 aromatic heterocycles. The van der Waals surface area contributed by atoms with Crippen molar-refractivity contribution in [1.82, 2.24) is 5.32 Å². The summed E-state index contributed by atoms with van der Waals surface area (Å²) in [6.45, 7) is 11.2. The zero-order valence-electron chi connectivity index (χ0n) is 13.7. The Morgan fingerprint density at radius 3 is 2.71 bits per heavy atom. The van der Waals surface area contributed by atoms with E-state index in [9.17, 15) is 0 Å². The van der Waals surface area contributed by atoms with Crippen molar-refractivity contribution in [2.75, 3.05) is 25.1 Å². The van der Waals surface area contributed by atoms with Gasteiger partial charge in [-0.2, -0.15) is 0 Å². The summed E-state index contributed by atoms with van der Waals surface area (Å²) in [5.74, 6) is 1.50. The van der Waals surface area contributed by atoms with E-state index in [1.807, 2.05) is 6.07 Å². The molecule has 2 atom stereocenters. The van der Waals surface area contributed by atoms with Crippen LogP contribution in [0.5, 0.6) is 5.75 Å². The third-order valence-electron chi connectivity index (χ3n) is 4.63. The number of anilines is 1.